The van der Waals surface area contributed by atoms with Crippen LogP contribution in [0.5, 0.6) is 5.75 Å². The third-order valence-electron chi connectivity index (χ3n) is 4.55. The molecule has 0 aromatic heterocycles. The van der Waals surface area contributed by atoms with E-state index in [0.717, 1.165) is 55.5 Å². The van der Waals surface area contributed by atoms with Crippen molar-refractivity contribution in [1.82, 2.24) is 10.2 Å². The van der Waals surface area contributed by atoms with Crippen molar-refractivity contribution in [3.8, 4) is 5.75 Å². The van der Waals surface area contributed by atoms with Crippen molar-refractivity contribution in [3.63, 3.8) is 0 Å². The van der Waals surface area contributed by atoms with Crippen molar-refractivity contribution >= 4 is 18.2 Å². The smallest absolute Gasteiger partial charge is 0.159 e. The second kappa shape index (κ2) is 10.7. The van der Waals surface area contributed by atoms with Crippen molar-refractivity contribution in [1.29, 1.82) is 0 Å². The maximum Gasteiger partial charge on any atom is 0.159 e. The first kappa shape index (κ1) is 20.9. The number of rotatable bonds is 8. The second-order valence-corrected chi connectivity index (χ2v) is 6.34. The average molecular weight is 355 g/mol. The van der Waals surface area contributed by atoms with Crippen molar-refractivity contribution in [3.05, 3.63) is 29.3 Å². The zero-order chi connectivity index (χ0) is 16.7. The van der Waals surface area contributed by atoms with Gasteiger partial charge < -0.3 is 10.1 Å². The van der Waals surface area contributed by atoms with Gasteiger partial charge in [0.1, 0.15) is 5.75 Å². The van der Waals surface area contributed by atoms with E-state index in [2.05, 4.69) is 17.1 Å². The molecule has 0 unspecified atom stereocenters. The van der Waals surface area contributed by atoms with Crippen LogP contribution in [0.1, 0.15) is 49.5 Å². The van der Waals surface area contributed by atoms with Crippen LogP contribution in [0, 0.1) is 5.92 Å². The van der Waals surface area contributed by atoms with Gasteiger partial charge in [0.25, 0.3) is 0 Å². The van der Waals surface area contributed by atoms with Crippen molar-refractivity contribution < 1.29 is 9.53 Å². The number of likely N-dealkylation sites (tertiary alicyclic amines) is 1. The van der Waals surface area contributed by atoms with Gasteiger partial charge in [0.2, 0.25) is 0 Å². The summed E-state index contributed by atoms with van der Waals surface area (Å²) < 4.78 is 5.74. The highest BCUT2D eigenvalue weighted by atomic mass is 35.5. The highest BCUT2D eigenvalue weighted by molar-refractivity contribution is 5.94. The molecule has 0 amide bonds. The van der Waals surface area contributed by atoms with Crippen LogP contribution in [0.25, 0.3) is 0 Å². The van der Waals surface area contributed by atoms with Gasteiger partial charge in [-0.3, -0.25) is 9.69 Å². The number of benzene rings is 1. The lowest BCUT2D eigenvalue weighted by atomic mass is 9.96. The summed E-state index contributed by atoms with van der Waals surface area (Å²) in [6, 6.07) is 5.80. The molecular weight excluding hydrogens is 324 g/mol. The van der Waals surface area contributed by atoms with Crippen LogP contribution >= 0.6 is 12.4 Å². The Bertz CT molecular complexity index is 514. The third kappa shape index (κ3) is 6.08. The van der Waals surface area contributed by atoms with Gasteiger partial charge in [0.05, 0.1) is 6.61 Å². The van der Waals surface area contributed by atoms with E-state index in [0.29, 0.717) is 6.61 Å². The van der Waals surface area contributed by atoms with Crippen LogP contribution in [-0.4, -0.2) is 43.5 Å². The van der Waals surface area contributed by atoms with Crippen molar-refractivity contribution in [2.45, 2.75) is 40.2 Å². The molecule has 1 aromatic rings. The van der Waals surface area contributed by atoms with Gasteiger partial charge in [-0.15, -0.1) is 12.4 Å². The van der Waals surface area contributed by atoms with Crippen LogP contribution in [0.15, 0.2) is 18.2 Å². The third-order valence-corrected chi connectivity index (χ3v) is 4.55. The van der Waals surface area contributed by atoms with Crippen LogP contribution in [0.2, 0.25) is 0 Å². The Labute approximate surface area is 152 Å². The Morgan fingerprint density at radius 3 is 2.58 bits per heavy atom. The number of Topliss-reactive ketones (excluding diaryl/α,β-unsaturated/α-hetero) is 1. The fourth-order valence-corrected chi connectivity index (χ4v) is 3.16. The predicted octanol–water partition coefficient (Wildman–Crippen LogP) is 3.53. The summed E-state index contributed by atoms with van der Waals surface area (Å²) in [6.45, 7) is 11.7. The van der Waals surface area contributed by atoms with Crippen LogP contribution in [0.3, 0.4) is 0 Å². The lowest BCUT2D eigenvalue weighted by Gasteiger charge is -2.32. The standard InChI is InChI=1S/C19H30N2O2.ClH/c1-4-20-13-16-8-10-21(11-9-16)14-18-12-17(15(3)22)6-7-19(18)23-5-2;/h6-7,12,16,20H,4-5,8-11,13-14H2,1-3H3;1H. The summed E-state index contributed by atoms with van der Waals surface area (Å²) >= 11 is 0. The number of hydrogen-bond acceptors (Lipinski definition) is 4. The van der Waals surface area contributed by atoms with E-state index < -0.39 is 0 Å². The molecule has 1 saturated heterocycles. The number of piperidine rings is 1. The van der Waals surface area contributed by atoms with Crippen LogP contribution < -0.4 is 10.1 Å². The summed E-state index contributed by atoms with van der Waals surface area (Å²) in [5.41, 5.74) is 1.90. The highest BCUT2D eigenvalue weighted by Gasteiger charge is 2.20. The van der Waals surface area contributed by atoms with Crippen molar-refractivity contribution in [2.24, 2.45) is 5.92 Å². The topological polar surface area (TPSA) is 41.6 Å². The molecule has 0 radical (unpaired) electrons. The fourth-order valence-electron chi connectivity index (χ4n) is 3.16. The molecule has 0 aliphatic carbocycles. The lowest BCUT2D eigenvalue weighted by Crippen LogP contribution is -2.37. The number of carbonyl (C=O) groups is 1. The molecule has 2 rings (SSSR count). The molecule has 5 heteroatoms. The largest absolute Gasteiger partial charge is 0.494 e. The molecule has 1 aliphatic rings. The zero-order valence-electron chi connectivity index (χ0n) is 15.1. The average Bonchev–Trinajstić information content (AvgIpc) is 2.56. The van der Waals surface area contributed by atoms with Gasteiger partial charge in [-0.2, -0.15) is 0 Å². The monoisotopic (exact) mass is 354 g/mol. The lowest BCUT2D eigenvalue weighted by molar-refractivity contribution is 0.101. The molecular formula is C19H31ClN2O2. The Balaban J connectivity index is 0.00000288. The molecule has 136 valence electrons. The van der Waals surface area contributed by atoms with Crippen molar-refractivity contribution in [2.75, 3.05) is 32.8 Å². The van der Waals surface area contributed by atoms with Gasteiger partial charge >= 0.3 is 0 Å². The molecule has 0 spiro atoms. The first-order chi connectivity index (χ1) is 11.1. The number of nitrogens with one attached hydrogen (secondary N) is 1. The Hall–Kier alpha value is -1.10. The van der Waals surface area contributed by atoms with Gasteiger partial charge in [-0.25, -0.2) is 0 Å². The molecule has 1 fully saturated rings. The van der Waals surface area contributed by atoms with E-state index >= 15 is 0 Å². The number of ketones is 1. The summed E-state index contributed by atoms with van der Waals surface area (Å²) in [5, 5.41) is 3.45. The summed E-state index contributed by atoms with van der Waals surface area (Å²) in [6.07, 6.45) is 2.48. The minimum absolute atomic E-state index is 0. The normalized spacial score (nSPS) is 15.8. The van der Waals surface area contributed by atoms with Gasteiger partial charge in [0, 0.05) is 17.7 Å². The molecule has 1 heterocycles. The number of nitrogens with zero attached hydrogens (tertiary/aromatic N) is 1. The highest BCUT2D eigenvalue weighted by Crippen LogP contribution is 2.25. The van der Waals surface area contributed by atoms with Gasteiger partial charge in [-0.05, 0) is 77.0 Å². The molecule has 1 aromatic carbocycles. The predicted molar refractivity (Wildman–Crippen MR) is 101 cm³/mol. The van der Waals surface area contributed by atoms with E-state index in [-0.39, 0.29) is 18.2 Å². The number of carbonyl (C=O) groups excluding carboxylic acids is 1. The molecule has 0 atom stereocenters. The van der Waals surface area contributed by atoms with E-state index in [9.17, 15) is 4.79 Å². The second-order valence-electron chi connectivity index (χ2n) is 6.34. The van der Waals surface area contributed by atoms with E-state index in [4.69, 9.17) is 4.74 Å². The summed E-state index contributed by atoms with van der Waals surface area (Å²) in [7, 11) is 0. The van der Waals surface area contributed by atoms with E-state index in [1.54, 1.807) is 6.92 Å². The molecule has 0 saturated carbocycles. The first-order valence-electron chi connectivity index (χ1n) is 8.83. The zero-order valence-corrected chi connectivity index (χ0v) is 16.0. The number of halogens is 1. The van der Waals surface area contributed by atoms with E-state index in [1.807, 2.05) is 25.1 Å². The quantitative estimate of drug-likeness (QED) is 0.725. The maximum atomic E-state index is 11.6. The minimum atomic E-state index is 0. The maximum absolute atomic E-state index is 11.6. The Kier molecular flexibility index (Phi) is 9.34. The summed E-state index contributed by atoms with van der Waals surface area (Å²) in [5.74, 6) is 1.81. The van der Waals surface area contributed by atoms with E-state index in [1.165, 1.54) is 12.8 Å². The Morgan fingerprint density at radius 1 is 1.29 bits per heavy atom. The molecule has 24 heavy (non-hydrogen) atoms. The van der Waals surface area contributed by atoms with Crippen LogP contribution in [-0.2, 0) is 6.54 Å². The summed E-state index contributed by atoms with van der Waals surface area (Å²) in [4.78, 5) is 14.1. The van der Waals surface area contributed by atoms with Gasteiger partial charge in [0.15, 0.2) is 5.78 Å². The number of hydrogen-bond donors (Lipinski definition) is 1. The number of ether oxygens (including phenoxy) is 1. The van der Waals surface area contributed by atoms with Crippen LogP contribution in [0.4, 0.5) is 0 Å². The van der Waals surface area contributed by atoms with Gasteiger partial charge in [-0.1, -0.05) is 6.92 Å². The SMILES string of the molecule is CCNCC1CCN(Cc2cc(C(C)=O)ccc2OCC)CC1.Cl. The first-order valence-corrected chi connectivity index (χ1v) is 8.83. The Morgan fingerprint density at radius 2 is 2.00 bits per heavy atom. The molecule has 1 aliphatic heterocycles. The fraction of sp³-hybridized carbons (Fsp3) is 0.632. The molecule has 0 bridgehead atoms. The minimum Gasteiger partial charge on any atom is -0.494 e. The molecule has 4 nitrogen and oxygen atoms in total. The molecule has 1 N–H and O–H groups in total.